The van der Waals surface area contributed by atoms with Crippen molar-refractivity contribution in [3.63, 3.8) is 0 Å². The lowest BCUT2D eigenvalue weighted by Gasteiger charge is -2.38. The number of ether oxygens (including phenoxy) is 1. The lowest BCUT2D eigenvalue weighted by atomic mass is 9.89. The van der Waals surface area contributed by atoms with Crippen molar-refractivity contribution in [1.29, 1.82) is 0 Å². The summed E-state index contributed by atoms with van der Waals surface area (Å²) in [6.07, 6.45) is 1.53. The maximum absolute atomic E-state index is 12.3. The van der Waals surface area contributed by atoms with Gasteiger partial charge < -0.3 is 24.3 Å². The molecule has 0 aromatic carbocycles. The van der Waals surface area contributed by atoms with Crippen molar-refractivity contribution in [2.24, 2.45) is 10.4 Å². The predicted octanol–water partition coefficient (Wildman–Crippen LogP) is 1.04. The van der Waals surface area contributed by atoms with Crippen LogP contribution in [-0.2, 0) is 4.74 Å². The van der Waals surface area contributed by atoms with Gasteiger partial charge in [0.15, 0.2) is 11.7 Å². The number of carbonyl (C=O) groups is 1. The van der Waals surface area contributed by atoms with Crippen molar-refractivity contribution in [3.8, 4) is 0 Å². The van der Waals surface area contributed by atoms with E-state index in [0.29, 0.717) is 18.8 Å². The standard InChI is InChI=1S/C17H26N4O3/c1-3-18-16(19-11-17(2)12-23-13-17)21-8-6-20(7-9-21)15(22)14-5-4-10-24-14/h4-5,10H,3,6-9,11-13H2,1-2H3,(H,18,19). The third kappa shape index (κ3) is 3.72. The predicted molar refractivity (Wildman–Crippen MR) is 91.1 cm³/mol. The van der Waals surface area contributed by atoms with Gasteiger partial charge in [-0.15, -0.1) is 0 Å². The third-order valence-corrected chi connectivity index (χ3v) is 4.44. The van der Waals surface area contributed by atoms with Crippen LogP contribution in [0.25, 0.3) is 0 Å². The van der Waals surface area contributed by atoms with Crippen LogP contribution in [0.5, 0.6) is 0 Å². The van der Waals surface area contributed by atoms with Gasteiger partial charge in [0, 0.05) is 38.1 Å². The largest absolute Gasteiger partial charge is 0.459 e. The van der Waals surface area contributed by atoms with Crippen molar-refractivity contribution in [3.05, 3.63) is 24.2 Å². The van der Waals surface area contributed by atoms with E-state index >= 15 is 0 Å². The molecule has 1 N–H and O–H groups in total. The molecular weight excluding hydrogens is 308 g/mol. The zero-order valence-corrected chi connectivity index (χ0v) is 14.5. The Morgan fingerprint density at radius 1 is 1.29 bits per heavy atom. The van der Waals surface area contributed by atoms with Crippen molar-refractivity contribution in [2.45, 2.75) is 13.8 Å². The Hall–Kier alpha value is -2.02. The second-order valence-electron chi connectivity index (χ2n) is 6.73. The number of nitrogens with one attached hydrogen (secondary N) is 1. The summed E-state index contributed by atoms with van der Waals surface area (Å²) in [6.45, 7) is 10.3. The van der Waals surface area contributed by atoms with E-state index in [1.807, 2.05) is 4.90 Å². The molecule has 1 amide bonds. The first kappa shape index (κ1) is 16.8. The highest BCUT2D eigenvalue weighted by atomic mass is 16.5. The van der Waals surface area contributed by atoms with Gasteiger partial charge in [0.1, 0.15) is 0 Å². The molecule has 7 nitrogen and oxygen atoms in total. The molecule has 3 rings (SSSR count). The topological polar surface area (TPSA) is 70.3 Å². The van der Waals surface area contributed by atoms with Gasteiger partial charge in [-0.25, -0.2) is 0 Å². The van der Waals surface area contributed by atoms with Gasteiger partial charge in [-0.05, 0) is 19.1 Å². The van der Waals surface area contributed by atoms with E-state index in [9.17, 15) is 4.79 Å². The van der Waals surface area contributed by atoms with Crippen LogP contribution in [0.15, 0.2) is 27.8 Å². The molecule has 24 heavy (non-hydrogen) atoms. The molecule has 0 spiro atoms. The van der Waals surface area contributed by atoms with Crippen LogP contribution in [0.1, 0.15) is 24.4 Å². The van der Waals surface area contributed by atoms with E-state index in [1.54, 1.807) is 12.1 Å². The summed E-state index contributed by atoms with van der Waals surface area (Å²) in [5.41, 5.74) is 0.164. The van der Waals surface area contributed by atoms with Crippen LogP contribution in [0.4, 0.5) is 0 Å². The summed E-state index contributed by atoms with van der Waals surface area (Å²) < 4.78 is 10.5. The highest BCUT2D eigenvalue weighted by Gasteiger charge is 2.33. The molecular formula is C17H26N4O3. The van der Waals surface area contributed by atoms with Gasteiger partial charge in [-0.2, -0.15) is 0 Å². The smallest absolute Gasteiger partial charge is 0.289 e. The normalized spacial score (nSPS) is 20.7. The minimum Gasteiger partial charge on any atom is -0.459 e. The van der Waals surface area contributed by atoms with Gasteiger partial charge in [-0.1, -0.05) is 6.92 Å². The van der Waals surface area contributed by atoms with Gasteiger partial charge in [-0.3, -0.25) is 9.79 Å². The lowest BCUT2D eigenvalue weighted by molar-refractivity contribution is -0.0946. The fourth-order valence-electron chi connectivity index (χ4n) is 2.91. The molecule has 7 heteroatoms. The van der Waals surface area contributed by atoms with Gasteiger partial charge in [0.05, 0.1) is 26.0 Å². The maximum Gasteiger partial charge on any atom is 0.289 e. The Labute approximate surface area is 142 Å². The van der Waals surface area contributed by atoms with Crippen LogP contribution < -0.4 is 5.32 Å². The summed E-state index contributed by atoms with van der Waals surface area (Å²) in [5, 5.41) is 3.36. The minimum absolute atomic E-state index is 0.0410. The van der Waals surface area contributed by atoms with Gasteiger partial charge >= 0.3 is 0 Å². The number of aliphatic imine (C=N–C) groups is 1. The zero-order valence-electron chi connectivity index (χ0n) is 14.5. The fourth-order valence-corrected chi connectivity index (χ4v) is 2.91. The van der Waals surface area contributed by atoms with Crippen LogP contribution in [0.3, 0.4) is 0 Å². The molecule has 2 saturated heterocycles. The molecule has 2 aliphatic heterocycles. The number of piperazine rings is 1. The molecule has 1 aromatic heterocycles. The van der Waals surface area contributed by atoms with Crippen LogP contribution in [0, 0.1) is 5.41 Å². The SMILES string of the molecule is CCNC(=NCC1(C)COC1)N1CCN(C(=O)c2ccco2)CC1. The van der Waals surface area contributed by atoms with Crippen molar-refractivity contribution in [2.75, 3.05) is 52.5 Å². The summed E-state index contributed by atoms with van der Waals surface area (Å²) in [4.78, 5) is 21.2. The average molecular weight is 334 g/mol. The maximum atomic E-state index is 12.3. The first-order chi connectivity index (χ1) is 11.6. The van der Waals surface area contributed by atoms with E-state index in [-0.39, 0.29) is 11.3 Å². The first-order valence-corrected chi connectivity index (χ1v) is 8.55. The van der Waals surface area contributed by atoms with E-state index < -0.39 is 0 Å². The number of rotatable bonds is 4. The number of guanidine groups is 1. The first-order valence-electron chi connectivity index (χ1n) is 8.55. The number of hydrogen-bond donors (Lipinski definition) is 1. The molecule has 2 aliphatic rings. The molecule has 0 aliphatic carbocycles. The zero-order chi connectivity index (χ0) is 17.0. The molecule has 1 aromatic rings. The van der Waals surface area contributed by atoms with Gasteiger partial charge in [0.25, 0.3) is 5.91 Å². The Balaban J connectivity index is 1.56. The monoisotopic (exact) mass is 334 g/mol. The minimum atomic E-state index is -0.0410. The number of furan rings is 1. The molecule has 2 fully saturated rings. The molecule has 0 radical (unpaired) electrons. The number of carbonyl (C=O) groups excluding carboxylic acids is 1. The highest BCUT2D eigenvalue weighted by molar-refractivity contribution is 5.91. The third-order valence-electron chi connectivity index (χ3n) is 4.44. The number of hydrogen-bond acceptors (Lipinski definition) is 4. The molecule has 0 unspecified atom stereocenters. The molecule has 0 bridgehead atoms. The van der Waals surface area contributed by atoms with E-state index in [4.69, 9.17) is 14.1 Å². The molecule has 0 saturated carbocycles. The quantitative estimate of drug-likeness (QED) is 0.658. The van der Waals surface area contributed by atoms with Crippen molar-refractivity contribution in [1.82, 2.24) is 15.1 Å². The summed E-state index contributed by atoms with van der Waals surface area (Å²) in [5.74, 6) is 1.29. The van der Waals surface area contributed by atoms with Crippen LogP contribution in [-0.4, -0.2) is 74.1 Å². The number of nitrogens with zero attached hydrogens (tertiary/aromatic N) is 3. The summed E-state index contributed by atoms with van der Waals surface area (Å²) in [6, 6.07) is 3.45. The second-order valence-corrected chi connectivity index (χ2v) is 6.73. The van der Waals surface area contributed by atoms with Crippen LogP contribution >= 0.6 is 0 Å². The Morgan fingerprint density at radius 2 is 2.00 bits per heavy atom. The molecule has 132 valence electrons. The number of amides is 1. The highest BCUT2D eigenvalue weighted by Crippen LogP contribution is 2.26. The summed E-state index contributed by atoms with van der Waals surface area (Å²) in [7, 11) is 0. The Kier molecular flexibility index (Phi) is 5.08. The van der Waals surface area contributed by atoms with E-state index in [0.717, 1.165) is 45.4 Å². The fraction of sp³-hybridized carbons (Fsp3) is 0.647. The second kappa shape index (κ2) is 7.25. The molecule has 3 heterocycles. The van der Waals surface area contributed by atoms with Crippen molar-refractivity contribution >= 4 is 11.9 Å². The Morgan fingerprint density at radius 3 is 2.54 bits per heavy atom. The lowest BCUT2D eigenvalue weighted by Crippen LogP contribution is -2.54. The average Bonchev–Trinajstić information content (AvgIpc) is 3.11. The van der Waals surface area contributed by atoms with Crippen molar-refractivity contribution < 1.29 is 13.9 Å². The van der Waals surface area contributed by atoms with Gasteiger partial charge in [0.2, 0.25) is 0 Å². The molecule has 0 atom stereocenters. The summed E-state index contributed by atoms with van der Waals surface area (Å²) >= 11 is 0. The van der Waals surface area contributed by atoms with Crippen LogP contribution in [0.2, 0.25) is 0 Å². The van der Waals surface area contributed by atoms with E-state index in [1.165, 1.54) is 6.26 Å². The van der Waals surface area contributed by atoms with E-state index in [2.05, 4.69) is 24.1 Å². The Bertz CT molecular complexity index is 573.